The van der Waals surface area contributed by atoms with Crippen molar-refractivity contribution in [3.05, 3.63) is 48.6 Å². The van der Waals surface area contributed by atoms with Gasteiger partial charge in [0.25, 0.3) is 0 Å². The van der Waals surface area contributed by atoms with E-state index in [9.17, 15) is 43.5 Å². The van der Waals surface area contributed by atoms with Crippen LogP contribution in [0, 0.1) is 0 Å². The quantitative estimate of drug-likeness (QED) is 0.0146. The van der Waals surface area contributed by atoms with Crippen LogP contribution in [-0.2, 0) is 55.8 Å². The Kier molecular flexibility index (Phi) is 50.5. The molecule has 0 heterocycles. The second-order valence-electron chi connectivity index (χ2n) is 19.4. The summed E-state index contributed by atoms with van der Waals surface area (Å²) in [5, 5.41) is 20.4. The highest BCUT2D eigenvalue weighted by atomic mass is 31.2. The van der Waals surface area contributed by atoms with Gasteiger partial charge >= 0.3 is 33.6 Å². The minimum atomic E-state index is -4.91. The minimum Gasteiger partial charge on any atom is -0.463 e. The van der Waals surface area contributed by atoms with Crippen LogP contribution in [-0.4, -0.2) is 95.9 Å². The van der Waals surface area contributed by atoms with Crippen LogP contribution >= 0.6 is 15.6 Å². The van der Waals surface area contributed by atoms with E-state index in [1.54, 1.807) is 0 Å². The Morgan fingerprint density at radius 2 is 0.720 bits per heavy atom. The molecule has 0 saturated heterocycles. The van der Waals surface area contributed by atoms with Gasteiger partial charge in [-0.25, -0.2) is 9.13 Å². The number of ether oxygens (including phenoxy) is 3. The van der Waals surface area contributed by atoms with Crippen molar-refractivity contribution in [2.24, 2.45) is 0 Å². The number of aliphatic hydroxyl groups excluding tert-OH is 2. The highest BCUT2D eigenvalue weighted by molar-refractivity contribution is 7.47. The van der Waals surface area contributed by atoms with E-state index in [-0.39, 0.29) is 19.3 Å². The Bertz CT molecular complexity index is 1590. The van der Waals surface area contributed by atoms with Crippen molar-refractivity contribution < 1.29 is 75.8 Å². The average molecular weight is 1110 g/mol. The summed E-state index contributed by atoms with van der Waals surface area (Å²) < 4.78 is 60.5. The summed E-state index contributed by atoms with van der Waals surface area (Å²) in [7, 11) is -9.74. The third-order valence-corrected chi connectivity index (χ3v) is 13.9. The summed E-state index contributed by atoms with van der Waals surface area (Å²) in [4.78, 5) is 57.9. The van der Waals surface area contributed by atoms with E-state index in [0.717, 1.165) is 109 Å². The predicted molar refractivity (Wildman–Crippen MR) is 298 cm³/mol. The Labute approximate surface area is 453 Å². The highest BCUT2D eigenvalue weighted by Gasteiger charge is 2.29. The van der Waals surface area contributed by atoms with Crippen LogP contribution in [0.4, 0.5) is 0 Å². The average Bonchev–Trinajstić information content (AvgIpc) is 3.38. The number of phosphoric acid groups is 2. The molecule has 0 spiro atoms. The summed E-state index contributed by atoms with van der Waals surface area (Å²) in [5.74, 6) is -1.59. The number of phosphoric ester groups is 2. The van der Waals surface area contributed by atoms with Gasteiger partial charge in [-0.2, -0.15) is 0 Å². The second-order valence-corrected chi connectivity index (χ2v) is 22.3. The van der Waals surface area contributed by atoms with Crippen LogP contribution in [0.5, 0.6) is 0 Å². The number of unbranched alkanes of at least 4 members (excludes halogenated alkanes) is 24. The monoisotopic (exact) mass is 1110 g/mol. The van der Waals surface area contributed by atoms with E-state index in [1.165, 1.54) is 70.6 Å². The fraction of sp³-hybridized carbons (Fsp3) is 0.807. The molecule has 0 bridgehead atoms. The number of rotatable bonds is 55. The van der Waals surface area contributed by atoms with Crippen LogP contribution in [0.2, 0.25) is 0 Å². The molecule has 5 unspecified atom stereocenters. The lowest BCUT2D eigenvalue weighted by Crippen LogP contribution is -2.30. The van der Waals surface area contributed by atoms with E-state index in [1.807, 2.05) is 0 Å². The molecule has 16 nitrogen and oxygen atoms in total. The van der Waals surface area contributed by atoms with Gasteiger partial charge in [-0.15, -0.1) is 0 Å². The molecule has 0 saturated carbocycles. The molecular weight excluding hydrogens is 1000 g/mol. The summed E-state index contributed by atoms with van der Waals surface area (Å²) in [6, 6.07) is 0. The zero-order valence-corrected chi connectivity index (χ0v) is 48.5. The van der Waals surface area contributed by atoms with Gasteiger partial charge in [0, 0.05) is 19.3 Å². The van der Waals surface area contributed by atoms with Crippen molar-refractivity contribution >= 4 is 33.6 Å². The molecule has 75 heavy (non-hydrogen) atoms. The molecule has 0 aliphatic heterocycles. The van der Waals surface area contributed by atoms with Crippen LogP contribution in [0.1, 0.15) is 239 Å². The molecule has 0 aromatic carbocycles. The predicted octanol–water partition coefficient (Wildman–Crippen LogP) is 14.5. The minimum absolute atomic E-state index is 0.0982. The zero-order valence-electron chi connectivity index (χ0n) is 46.7. The normalized spacial score (nSPS) is 14.9. The van der Waals surface area contributed by atoms with E-state index >= 15 is 0 Å². The molecule has 0 aromatic heterocycles. The summed E-state index contributed by atoms with van der Waals surface area (Å²) in [6.07, 6.45) is 46.2. The van der Waals surface area contributed by atoms with Gasteiger partial charge in [0.15, 0.2) is 6.10 Å². The number of aliphatic hydroxyl groups is 2. The van der Waals surface area contributed by atoms with Gasteiger partial charge in [-0.1, -0.05) is 198 Å². The lowest BCUT2D eigenvalue weighted by atomic mass is 10.0. The molecule has 0 aliphatic rings. The first kappa shape index (κ1) is 72.5. The second kappa shape index (κ2) is 52.2. The van der Waals surface area contributed by atoms with Gasteiger partial charge in [0.2, 0.25) is 0 Å². The van der Waals surface area contributed by atoms with E-state index in [0.29, 0.717) is 19.3 Å². The first-order valence-electron chi connectivity index (χ1n) is 28.9. The van der Waals surface area contributed by atoms with Gasteiger partial charge in [0.1, 0.15) is 25.4 Å². The standard InChI is InChI=1S/C57H104O16P2/c1-4-7-10-13-16-19-22-24-25-27-30-31-34-37-40-43-55(60)67-46-52(58)47-69-74(63,64)70-48-53(59)49-71-75(65,66)72-51-54(73-57(62)45-42-39-36-33-28-21-18-15-12-9-6-3)50-68-56(61)44-41-38-35-32-29-26-23-20-17-14-11-8-5-2/h7,10,15-16,18-19,24-25,52-54,58-59H,4-6,8-9,11-14,17,20-23,26-51H2,1-3H3,(H,63,64)(H,65,66)/b10-7-,18-15-,19-16-,25-24-. The van der Waals surface area contributed by atoms with Crippen molar-refractivity contribution in [3.63, 3.8) is 0 Å². The van der Waals surface area contributed by atoms with Gasteiger partial charge in [-0.05, 0) is 70.6 Å². The van der Waals surface area contributed by atoms with Crippen molar-refractivity contribution in [2.45, 2.75) is 257 Å². The highest BCUT2D eigenvalue weighted by Crippen LogP contribution is 2.45. The first-order chi connectivity index (χ1) is 36.2. The SMILES string of the molecule is CC/C=C\C/C=C\C/C=C\CCCCCCCC(=O)OCC(O)COP(=O)(O)OCC(O)COP(=O)(O)OCC(COC(=O)CCCCCCCCCCCCCCC)OC(=O)CCCCCCC/C=C\CCCC. The Balaban J connectivity index is 4.66. The zero-order chi connectivity index (χ0) is 55.4. The van der Waals surface area contributed by atoms with Crippen LogP contribution in [0.3, 0.4) is 0 Å². The van der Waals surface area contributed by atoms with Gasteiger partial charge in [-0.3, -0.25) is 32.5 Å². The molecule has 5 atom stereocenters. The molecule has 0 aliphatic carbocycles. The largest absolute Gasteiger partial charge is 0.472 e. The Morgan fingerprint density at radius 3 is 1.17 bits per heavy atom. The van der Waals surface area contributed by atoms with Crippen LogP contribution in [0.15, 0.2) is 48.6 Å². The van der Waals surface area contributed by atoms with Crippen LogP contribution in [0.25, 0.3) is 0 Å². The van der Waals surface area contributed by atoms with Crippen molar-refractivity contribution in [3.8, 4) is 0 Å². The van der Waals surface area contributed by atoms with E-state index < -0.39 is 91.5 Å². The molecule has 0 aromatic rings. The molecule has 0 fully saturated rings. The third-order valence-electron chi connectivity index (χ3n) is 12.0. The topological polar surface area (TPSA) is 231 Å². The molecule has 18 heteroatoms. The summed E-state index contributed by atoms with van der Waals surface area (Å²) >= 11 is 0. The number of esters is 3. The Hall–Kier alpha value is -2.49. The number of hydrogen-bond acceptors (Lipinski definition) is 14. The van der Waals surface area contributed by atoms with Crippen molar-refractivity contribution in [1.82, 2.24) is 0 Å². The molecule has 438 valence electrons. The maximum absolute atomic E-state index is 12.8. The first-order valence-corrected chi connectivity index (χ1v) is 31.9. The van der Waals surface area contributed by atoms with Gasteiger partial charge in [0.05, 0.1) is 26.4 Å². The van der Waals surface area contributed by atoms with E-state index in [2.05, 4.69) is 69.4 Å². The van der Waals surface area contributed by atoms with Crippen molar-refractivity contribution in [1.29, 1.82) is 0 Å². The third kappa shape index (κ3) is 53.3. The van der Waals surface area contributed by atoms with E-state index in [4.69, 9.17) is 32.3 Å². The maximum atomic E-state index is 12.8. The smallest absolute Gasteiger partial charge is 0.463 e. The number of hydrogen-bond donors (Lipinski definition) is 4. The molecular formula is C57H104O16P2. The number of carbonyl (C=O) groups excluding carboxylic acids is 3. The molecule has 0 rings (SSSR count). The van der Waals surface area contributed by atoms with Crippen molar-refractivity contribution in [2.75, 3.05) is 39.6 Å². The molecule has 0 amide bonds. The van der Waals surface area contributed by atoms with Crippen LogP contribution < -0.4 is 0 Å². The lowest BCUT2D eigenvalue weighted by Gasteiger charge is -2.21. The maximum Gasteiger partial charge on any atom is 0.472 e. The lowest BCUT2D eigenvalue weighted by molar-refractivity contribution is -0.161. The summed E-state index contributed by atoms with van der Waals surface area (Å²) in [5.41, 5.74) is 0. The fourth-order valence-electron chi connectivity index (χ4n) is 7.56. The number of carbonyl (C=O) groups is 3. The molecule has 4 N–H and O–H groups in total. The summed E-state index contributed by atoms with van der Waals surface area (Å²) in [6.45, 7) is 2.47. The number of allylic oxidation sites excluding steroid dienone is 8. The van der Waals surface area contributed by atoms with Gasteiger partial charge < -0.3 is 34.2 Å². The fourth-order valence-corrected chi connectivity index (χ4v) is 9.15. The molecule has 0 radical (unpaired) electrons. The Morgan fingerprint density at radius 1 is 0.387 bits per heavy atom.